The number of nitrogens with zero attached hydrogens (tertiary/aromatic N) is 2. The van der Waals surface area contributed by atoms with Crippen LogP contribution in [0.2, 0.25) is 0 Å². The van der Waals surface area contributed by atoms with E-state index in [4.69, 9.17) is 5.11 Å². The summed E-state index contributed by atoms with van der Waals surface area (Å²) in [4.78, 5) is 28.7. The molecule has 31 heavy (non-hydrogen) atoms. The largest absolute Gasteiger partial charge is 0.396 e. The lowest BCUT2D eigenvalue weighted by Gasteiger charge is -2.31. The summed E-state index contributed by atoms with van der Waals surface area (Å²) < 4.78 is 0.782. The molecule has 162 valence electrons. The molecule has 7 heteroatoms. The second-order valence-electron chi connectivity index (χ2n) is 8.01. The number of β-lactam (4-membered cyclic amide) rings is 1. The maximum atomic E-state index is 13.5. The van der Waals surface area contributed by atoms with Crippen LogP contribution in [0.3, 0.4) is 0 Å². The third kappa shape index (κ3) is 3.82. The van der Waals surface area contributed by atoms with Crippen molar-refractivity contribution in [3.8, 4) is 0 Å². The fraction of sp³-hybridized carbons (Fsp3) is 0.333. The zero-order chi connectivity index (χ0) is 22.2. The number of carbonyl (C=O) groups excluding carboxylic acids is 2. The highest BCUT2D eigenvalue weighted by atomic mass is 79.9. The van der Waals surface area contributed by atoms with E-state index < -0.39 is 11.5 Å². The van der Waals surface area contributed by atoms with Gasteiger partial charge in [-0.3, -0.25) is 9.59 Å². The number of amides is 2. The SMILES string of the molecule is C[C@H](/C=C/CCO)[C@@]1(O)C(=O)N(Cc2cccc(N3CCC3=O)c2)c2ccc(Br)cc21. The molecule has 6 nitrogen and oxygen atoms in total. The highest BCUT2D eigenvalue weighted by molar-refractivity contribution is 9.10. The molecule has 2 aliphatic heterocycles. The van der Waals surface area contributed by atoms with E-state index in [2.05, 4.69) is 15.9 Å². The number of rotatable bonds is 7. The Kier molecular flexibility index (Phi) is 6.01. The molecule has 2 aromatic rings. The summed E-state index contributed by atoms with van der Waals surface area (Å²) in [5.41, 5.74) is 1.24. The molecule has 0 unspecified atom stereocenters. The fourth-order valence-corrected chi connectivity index (χ4v) is 4.54. The predicted molar refractivity (Wildman–Crippen MR) is 123 cm³/mol. The predicted octanol–water partition coefficient (Wildman–Crippen LogP) is 3.49. The molecule has 2 aliphatic rings. The normalized spacial score (nSPS) is 21.5. The van der Waals surface area contributed by atoms with E-state index in [9.17, 15) is 14.7 Å². The van der Waals surface area contributed by atoms with Crippen molar-refractivity contribution in [2.45, 2.75) is 31.9 Å². The average molecular weight is 485 g/mol. The molecular weight excluding hydrogens is 460 g/mol. The van der Waals surface area contributed by atoms with Crippen molar-refractivity contribution >= 4 is 39.1 Å². The van der Waals surface area contributed by atoms with E-state index in [1.54, 1.807) is 34.9 Å². The van der Waals surface area contributed by atoms with E-state index >= 15 is 0 Å². The van der Waals surface area contributed by atoms with Gasteiger partial charge in [0, 0.05) is 41.2 Å². The summed E-state index contributed by atoms with van der Waals surface area (Å²) in [7, 11) is 0. The second kappa shape index (κ2) is 8.57. The maximum absolute atomic E-state index is 13.5. The van der Waals surface area contributed by atoms with E-state index in [-0.39, 0.29) is 18.4 Å². The minimum atomic E-state index is -1.70. The van der Waals surface area contributed by atoms with E-state index in [1.807, 2.05) is 36.4 Å². The van der Waals surface area contributed by atoms with E-state index in [0.717, 1.165) is 15.7 Å². The summed E-state index contributed by atoms with van der Waals surface area (Å²) in [6, 6.07) is 13.1. The maximum Gasteiger partial charge on any atom is 0.264 e. The molecule has 0 aromatic heterocycles. The number of hydrogen-bond donors (Lipinski definition) is 2. The fourth-order valence-electron chi connectivity index (χ4n) is 4.18. The molecule has 2 atom stereocenters. The standard InChI is InChI=1S/C24H25BrN2O4/c1-16(5-2-3-12-28)24(31)20-14-18(25)8-9-21(20)27(23(24)30)15-17-6-4-7-19(13-17)26-11-10-22(26)29/h2,4-9,13-14,16,28,31H,3,10-12,15H2,1H3/b5-2+/t16-,24+/m1/s1. The van der Waals surface area contributed by atoms with Gasteiger partial charge in [-0.1, -0.05) is 47.1 Å². The Morgan fingerprint density at radius 1 is 1.23 bits per heavy atom. The molecule has 1 saturated heterocycles. The second-order valence-corrected chi connectivity index (χ2v) is 8.93. The molecule has 0 radical (unpaired) electrons. The molecule has 2 heterocycles. The van der Waals surface area contributed by atoms with Gasteiger partial charge in [0.05, 0.1) is 12.2 Å². The van der Waals surface area contributed by atoms with Crippen LogP contribution in [0.4, 0.5) is 11.4 Å². The summed E-state index contributed by atoms with van der Waals surface area (Å²) in [5.74, 6) is -0.760. The highest BCUT2D eigenvalue weighted by Crippen LogP contribution is 2.46. The first-order chi connectivity index (χ1) is 14.9. The molecule has 2 amide bonds. The van der Waals surface area contributed by atoms with Crippen LogP contribution >= 0.6 is 15.9 Å². The van der Waals surface area contributed by atoms with Gasteiger partial charge in [-0.25, -0.2) is 0 Å². The van der Waals surface area contributed by atoms with Crippen LogP contribution in [-0.4, -0.2) is 35.2 Å². The summed E-state index contributed by atoms with van der Waals surface area (Å²) in [6.07, 6.45) is 4.58. The van der Waals surface area contributed by atoms with E-state index in [0.29, 0.717) is 37.2 Å². The van der Waals surface area contributed by atoms with Gasteiger partial charge < -0.3 is 20.0 Å². The van der Waals surface area contributed by atoms with Gasteiger partial charge in [0.2, 0.25) is 5.91 Å². The van der Waals surface area contributed by atoms with Gasteiger partial charge in [-0.2, -0.15) is 0 Å². The molecule has 1 fully saturated rings. The van der Waals surface area contributed by atoms with Crippen molar-refractivity contribution in [1.82, 2.24) is 0 Å². The lowest BCUT2D eigenvalue weighted by Crippen LogP contribution is -2.44. The summed E-state index contributed by atoms with van der Waals surface area (Å²) in [5, 5.41) is 20.6. The molecule has 4 rings (SSSR count). The number of aliphatic hydroxyl groups is 2. The first-order valence-electron chi connectivity index (χ1n) is 10.4. The van der Waals surface area contributed by atoms with Crippen molar-refractivity contribution in [3.63, 3.8) is 0 Å². The quantitative estimate of drug-likeness (QED) is 0.465. The minimum Gasteiger partial charge on any atom is -0.396 e. The Hall–Kier alpha value is -2.48. The topological polar surface area (TPSA) is 81.1 Å². The third-order valence-corrected chi connectivity index (χ3v) is 6.52. The number of benzene rings is 2. The zero-order valence-electron chi connectivity index (χ0n) is 17.3. The van der Waals surface area contributed by atoms with Crippen molar-refractivity contribution in [2.75, 3.05) is 23.0 Å². The Morgan fingerprint density at radius 2 is 2.03 bits per heavy atom. The van der Waals surface area contributed by atoms with Gasteiger partial charge >= 0.3 is 0 Å². The first kappa shape index (κ1) is 21.7. The Balaban J connectivity index is 1.67. The van der Waals surface area contributed by atoms with Crippen LogP contribution in [0, 0.1) is 5.92 Å². The molecule has 2 N–H and O–H groups in total. The monoisotopic (exact) mass is 484 g/mol. The van der Waals surface area contributed by atoms with Crippen LogP contribution < -0.4 is 9.80 Å². The number of halogens is 1. The highest BCUT2D eigenvalue weighted by Gasteiger charge is 2.52. The third-order valence-electron chi connectivity index (χ3n) is 6.02. The van der Waals surface area contributed by atoms with Crippen LogP contribution in [0.15, 0.2) is 59.1 Å². The molecule has 0 saturated carbocycles. The average Bonchev–Trinajstić information content (AvgIpc) is 2.95. The lowest BCUT2D eigenvalue weighted by atomic mass is 9.83. The van der Waals surface area contributed by atoms with Gasteiger partial charge in [0.15, 0.2) is 5.60 Å². The van der Waals surface area contributed by atoms with Gasteiger partial charge in [-0.05, 0) is 42.3 Å². The number of hydrogen-bond acceptors (Lipinski definition) is 4. The van der Waals surface area contributed by atoms with Crippen LogP contribution in [0.1, 0.15) is 30.9 Å². The number of fused-ring (bicyclic) bond motifs is 1. The van der Waals surface area contributed by atoms with Crippen molar-refractivity contribution in [3.05, 3.63) is 70.2 Å². The molecule has 0 bridgehead atoms. The van der Waals surface area contributed by atoms with Gasteiger partial charge in [-0.15, -0.1) is 0 Å². The first-order valence-corrected chi connectivity index (χ1v) is 11.2. The molecule has 2 aromatic carbocycles. The van der Waals surface area contributed by atoms with Crippen LogP contribution in [0.5, 0.6) is 0 Å². The Labute approximate surface area is 189 Å². The smallest absolute Gasteiger partial charge is 0.264 e. The lowest BCUT2D eigenvalue weighted by molar-refractivity contribution is -0.139. The van der Waals surface area contributed by atoms with Crippen LogP contribution in [-0.2, 0) is 21.7 Å². The number of anilines is 2. The van der Waals surface area contributed by atoms with Crippen LogP contribution in [0.25, 0.3) is 0 Å². The summed E-state index contributed by atoms with van der Waals surface area (Å²) >= 11 is 3.45. The Bertz CT molecular complexity index is 1050. The molecule has 0 aliphatic carbocycles. The van der Waals surface area contributed by atoms with Crippen molar-refractivity contribution < 1.29 is 19.8 Å². The van der Waals surface area contributed by atoms with Crippen molar-refractivity contribution in [2.24, 2.45) is 5.92 Å². The molecule has 0 spiro atoms. The Morgan fingerprint density at radius 3 is 2.71 bits per heavy atom. The minimum absolute atomic E-state index is 0.0136. The van der Waals surface area contributed by atoms with E-state index in [1.165, 1.54) is 0 Å². The van der Waals surface area contributed by atoms with Gasteiger partial charge in [0.25, 0.3) is 5.91 Å². The van der Waals surface area contributed by atoms with Gasteiger partial charge in [0.1, 0.15) is 0 Å². The number of aliphatic hydroxyl groups excluding tert-OH is 1. The summed E-state index contributed by atoms with van der Waals surface area (Å²) in [6.45, 7) is 2.81. The number of carbonyl (C=O) groups is 2. The zero-order valence-corrected chi connectivity index (χ0v) is 18.9. The van der Waals surface area contributed by atoms with Crippen molar-refractivity contribution in [1.29, 1.82) is 0 Å². The molecular formula is C24H25BrN2O4.